The second-order valence-corrected chi connectivity index (χ2v) is 12.4. The molecule has 9 heteroatoms. The van der Waals surface area contributed by atoms with Gasteiger partial charge in [-0.05, 0) is 86.0 Å². The van der Waals surface area contributed by atoms with Crippen LogP contribution in [0.5, 0.6) is 0 Å². The molecule has 3 aliphatic rings. The summed E-state index contributed by atoms with van der Waals surface area (Å²) in [5.74, 6) is 0.958. The van der Waals surface area contributed by atoms with E-state index in [9.17, 15) is 9.90 Å². The zero-order valence-corrected chi connectivity index (χ0v) is 24.1. The summed E-state index contributed by atoms with van der Waals surface area (Å²) in [7, 11) is 2.20. The fraction of sp³-hybridized carbons (Fsp3) is 0.438. The van der Waals surface area contributed by atoms with Gasteiger partial charge in [0.05, 0.1) is 12.2 Å². The maximum absolute atomic E-state index is 13.5. The summed E-state index contributed by atoms with van der Waals surface area (Å²) in [6.45, 7) is 10.5. The molecule has 0 spiro atoms. The molecule has 0 unspecified atom stereocenters. The molecule has 9 nitrogen and oxygen atoms in total. The summed E-state index contributed by atoms with van der Waals surface area (Å²) < 4.78 is 3.31. The monoisotopic (exact) mass is 551 g/mol. The minimum Gasteiger partial charge on any atom is -0.384 e. The number of nitrogens with one attached hydrogen (secondary N) is 1. The molecule has 4 aromatic rings. The van der Waals surface area contributed by atoms with Gasteiger partial charge in [0.2, 0.25) is 5.95 Å². The summed E-state index contributed by atoms with van der Waals surface area (Å²) in [6.07, 6.45) is 8.77. The molecule has 0 bridgehead atoms. The third-order valence-corrected chi connectivity index (χ3v) is 9.39. The van der Waals surface area contributed by atoms with Gasteiger partial charge >= 0.3 is 0 Å². The van der Waals surface area contributed by atoms with Crippen LogP contribution in [0, 0.1) is 0 Å². The zero-order valence-electron chi connectivity index (χ0n) is 24.1. The van der Waals surface area contributed by atoms with Crippen molar-refractivity contribution < 1.29 is 5.11 Å². The molecule has 3 aromatic heterocycles. The lowest BCUT2D eigenvalue weighted by atomic mass is 9.67. The first-order valence-electron chi connectivity index (χ1n) is 14.7. The van der Waals surface area contributed by atoms with Gasteiger partial charge in [-0.1, -0.05) is 26.0 Å². The molecule has 2 N–H and O–H groups in total. The van der Waals surface area contributed by atoms with Crippen LogP contribution in [0.3, 0.4) is 0 Å². The van der Waals surface area contributed by atoms with E-state index >= 15 is 0 Å². The van der Waals surface area contributed by atoms with Crippen molar-refractivity contribution in [1.29, 1.82) is 0 Å². The molecule has 0 saturated heterocycles. The number of aliphatic hydroxyl groups is 1. The first-order chi connectivity index (χ1) is 19.7. The summed E-state index contributed by atoms with van der Waals surface area (Å²) in [6, 6.07) is 8.38. The van der Waals surface area contributed by atoms with E-state index in [1.807, 2.05) is 19.1 Å². The molecule has 2 atom stereocenters. The molecular formula is C32H37N7O2. The highest BCUT2D eigenvalue weighted by molar-refractivity contribution is 5.77. The minimum atomic E-state index is -0.962. The second-order valence-electron chi connectivity index (χ2n) is 12.4. The second kappa shape index (κ2) is 9.36. The normalized spacial score (nSPS) is 23.4. The van der Waals surface area contributed by atoms with E-state index in [0.29, 0.717) is 41.3 Å². The summed E-state index contributed by atoms with van der Waals surface area (Å²) in [5.41, 5.74) is 6.47. The van der Waals surface area contributed by atoms with Crippen molar-refractivity contribution in [3.63, 3.8) is 0 Å². The Morgan fingerprint density at radius 1 is 1.15 bits per heavy atom. The summed E-state index contributed by atoms with van der Waals surface area (Å²) >= 11 is 0. The average Bonchev–Trinajstić information content (AvgIpc) is 3.42. The van der Waals surface area contributed by atoms with Crippen LogP contribution in [0.2, 0.25) is 0 Å². The maximum Gasteiger partial charge on any atom is 0.278 e. The Balaban J connectivity index is 1.33. The number of anilines is 2. The van der Waals surface area contributed by atoms with E-state index in [-0.39, 0.29) is 17.5 Å². The predicted molar refractivity (Wildman–Crippen MR) is 160 cm³/mol. The van der Waals surface area contributed by atoms with Gasteiger partial charge in [0.25, 0.3) is 5.56 Å². The lowest BCUT2D eigenvalue weighted by Gasteiger charge is -2.45. The van der Waals surface area contributed by atoms with Crippen LogP contribution in [0.15, 0.2) is 47.9 Å². The fourth-order valence-corrected chi connectivity index (χ4v) is 7.57. The smallest absolute Gasteiger partial charge is 0.278 e. The highest BCUT2D eigenvalue weighted by Gasteiger charge is 2.39. The topological polar surface area (TPSA) is 101 Å². The molecule has 0 fully saturated rings. The van der Waals surface area contributed by atoms with E-state index in [2.05, 4.69) is 47.9 Å². The number of rotatable bonds is 6. The third-order valence-electron chi connectivity index (χ3n) is 9.39. The molecular weight excluding hydrogens is 514 g/mol. The standard InChI is InChI=1S/C32H37N7O2/c1-5-14-38-29(40)24-17-33-30(34-23-15-21-8-7-12-31(3)19-37(4)18-22(16-23)26(21)31)36-28(24)39(38)25-10-9-20-11-13-32(41,6-2)27(20)35-25/h5,9-10,15-17,41H,1,6-8,11-14,18-19H2,2-4H3,(H,33,34,36)/t31-,32+/m0/s1. The molecule has 212 valence electrons. The lowest BCUT2D eigenvalue weighted by molar-refractivity contribution is 0.0306. The van der Waals surface area contributed by atoms with Crippen molar-refractivity contribution in [1.82, 2.24) is 29.2 Å². The van der Waals surface area contributed by atoms with Gasteiger partial charge in [-0.25, -0.2) is 19.3 Å². The molecule has 7 rings (SSSR count). The lowest BCUT2D eigenvalue weighted by Crippen LogP contribution is -2.44. The molecule has 0 radical (unpaired) electrons. The molecule has 2 aliphatic carbocycles. The Morgan fingerprint density at radius 2 is 1.98 bits per heavy atom. The number of hydrogen-bond acceptors (Lipinski definition) is 7. The van der Waals surface area contributed by atoms with E-state index in [0.717, 1.165) is 37.2 Å². The first kappa shape index (κ1) is 26.1. The Kier molecular flexibility index (Phi) is 5.96. The Bertz CT molecular complexity index is 1770. The number of likely N-dealkylation sites (N-methyl/N-ethyl adjacent to an activating group) is 1. The van der Waals surface area contributed by atoms with Gasteiger partial charge in [-0.3, -0.25) is 4.79 Å². The van der Waals surface area contributed by atoms with Gasteiger partial charge in [-0.15, -0.1) is 6.58 Å². The van der Waals surface area contributed by atoms with Crippen LogP contribution >= 0.6 is 0 Å². The highest BCUT2D eigenvalue weighted by Crippen LogP contribution is 2.44. The number of hydrogen-bond donors (Lipinski definition) is 2. The van der Waals surface area contributed by atoms with Gasteiger partial charge in [0.1, 0.15) is 11.0 Å². The number of nitrogens with zero attached hydrogens (tertiary/aromatic N) is 6. The number of benzene rings is 1. The van der Waals surface area contributed by atoms with Gasteiger partial charge in [-0.2, -0.15) is 4.98 Å². The van der Waals surface area contributed by atoms with Crippen molar-refractivity contribution in [2.45, 2.75) is 76.5 Å². The fourth-order valence-electron chi connectivity index (χ4n) is 7.57. The van der Waals surface area contributed by atoms with Crippen LogP contribution in [-0.4, -0.2) is 47.9 Å². The molecule has 1 aliphatic heterocycles. The van der Waals surface area contributed by atoms with Crippen molar-refractivity contribution in [3.05, 3.63) is 81.4 Å². The van der Waals surface area contributed by atoms with E-state index < -0.39 is 5.60 Å². The number of allylic oxidation sites excluding steroid dienone is 1. The number of pyridine rings is 1. The van der Waals surface area contributed by atoms with E-state index in [1.54, 1.807) is 21.6 Å². The van der Waals surface area contributed by atoms with E-state index in [4.69, 9.17) is 9.97 Å². The van der Waals surface area contributed by atoms with Crippen molar-refractivity contribution in [2.24, 2.45) is 0 Å². The van der Waals surface area contributed by atoms with Crippen LogP contribution in [0.4, 0.5) is 11.6 Å². The summed E-state index contributed by atoms with van der Waals surface area (Å²) in [4.78, 5) is 30.2. The number of aryl methyl sites for hydroxylation is 2. The van der Waals surface area contributed by atoms with E-state index in [1.165, 1.54) is 29.5 Å². The molecule has 0 amide bonds. The number of aromatic nitrogens is 5. The maximum atomic E-state index is 13.5. The highest BCUT2D eigenvalue weighted by atomic mass is 16.3. The minimum absolute atomic E-state index is 0.195. The Morgan fingerprint density at radius 3 is 2.78 bits per heavy atom. The molecule has 41 heavy (non-hydrogen) atoms. The first-order valence-corrected chi connectivity index (χ1v) is 14.7. The predicted octanol–water partition coefficient (Wildman–Crippen LogP) is 4.49. The average molecular weight is 552 g/mol. The Hall–Kier alpha value is -3.82. The number of fused-ring (bicyclic) bond motifs is 2. The van der Waals surface area contributed by atoms with Crippen molar-refractivity contribution in [2.75, 3.05) is 18.9 Å². The zero-order chi connectivity index (χ0) is 28.5. The molecule has 4 heterocycles. The van der Waals surface area contributed by atoms with Crippen LogP contribution in [0.25, 0.3) is 16.9 Å². The van der Waals surface area contributed by atoms with Gasteiger partial charge in [0, 0.05) is 30.4 Å². The molecule has 0 saturated carbocycles. The third kappa shape index (κ3) is 4.05. The quantitative estimate of drug-likeness (QED) is 0.341. The van der Waals surface area contributed by atoms with Crippen molar-refractivity contribution in [3.8, 4) is 5.82 Å². The largest absolute Gasteiger partial charge is 0.384 e. The van der Waals surface area contributed by atoms with Crippen LogP contribution < -0.4 is 10.9 Å². The van der Waals surface area contributed by atoms with Crippen LogP contribution in [-0.2, 0) is 36.9 Å². The Labute approximate surface area is 239 Å². The molecule has 1 aromatic carbocycles. The van der Waals surface area contributed by atoms with Gasteiger partial charge < -0.3 is 15.3 Å². The summed E-state index contributed by atoms with van der Waals surface area (Å²) in [5, 5.41) is 15.1. The van der Waals surface area contributed by atoms with Gasteiger partial charge in [0.15, 0.2) is 11.5 Å². The van der Waals surface area contributed by atoms with Crippen LogP contribution in [0.1, 0.15) is 67.5 Å². The van der Waals surface area contributed by atoms with Crippen molar-refractivity contribution >= 4 is 22.7 Å². The SMILES string of the molecule is C=CCn1c(=O)c2cnc(Nc3cc4c5c(c3)CN(C)C[C@]5(C)CCC4)nc2n1-c1ccc2c(n1)[C@@](O)(CC)CC2.